The van der Waals surface area contributed by atoms with E-state index in [0.29, 0.717) is 6.42 Å². The lowest BCUT2D eigenvalue weighted by atomic mass is 10.0. The number of thiophene rings is 1. The quantitative estimate of drug-likeness (QED) is 0.508. The fourth-order valence-electron chi connectivity index (χ4n) is 2.40. The van der Waals surface area contributed by atoms with Crippen molar-refractivity contribution >= 4 is 70.7 Å². The van der Waals surface area contributed by atoms with Crippen molar-refractivity contribution in [2.24, 2.45) is 0 Å². The van der Waals surface area contributed by atoms with E-state index in [1.165, 1.54) is 16.0 Å². The first-order valence-corrected chi connectivity index (χ1v) is 9.88. The van der Waals surface area contributed by atoms with E-state index in [9.17, 15) is 4.79 Å². The summed E-state index contributed by atoms with van der Waals surface area (Å²) >= 11 is 12.6. The minimum atomic E-state index is 0.114. The van der Waals surface area contributed by atoms with Gasteiger partial charge in [-0.15, -0.1) is 11.3 Å². The first-order chi connectivity index (χ1) is 10.0. The van der Waals surface area contributed by atoms with Crippen LogP contribution in [-0.2, 0) is 11.2 Å². The van der Waals surface area contributed by atoms with Crippen LogP contribution in [0, 0.1) is 0 Å². The first kappa shape index (κ1) is 15.7. The van der Waals surface area contributed by atoms with Crippen LogP contribution < -0.4 is 5.32 Å². The molecule has 1 aromatic heterocycles. The van der Waals surface area contributed by atoms with Gasteiger partial charge in [-0.3, -0.25) is 4.79 Å². The molecule has 2 aromatic rings. The monoisotopic (exact) mass is 491 g/mol. The number of rotatable bonds is 2. The predicted molar refractivity (Wildman–Crippen MR) is 98.5 cm³/mol. The Hall–Kier alpha value is -0.170. The van der Waals surface area contributed by atoms with E-state index in [0.717, 1.165) is 26.8 Å². The molecule has 6 heteroatoms. The molecule has 1 N–H and O–H groups in total. The van der Waals surface area contributed by atoms with Gasteiger partial charge in [0.25, 0.3) is 0 Å². The number of anilines is 1. The Morgan fingerprint density at radius 2 is 2.00 bits per heavy atom. The lowest BCUT2D eigenvalue weighted by molar-refractivity contribution is -0.116. The lowest BCUT2D eigenvalue weighted by Crippen LogP contribution is -2.09. The number of amides is 1. The van der Waals surface area contributed by atoms with Crippen molar-refractivity contribution in [2.45, 2.75) is 24.1 Å². The van der Waals surface area contributed by atoms with Gasteiger partial charge in [-0.2, -0.15) is 0 Å². The molecule has 0 saturated carbocycles. The summed E-state index contributed by atoms with van der Waals surface area (Å²) in [5.41, 5.74) is 3.39. The maximum atomic E-state index is 11.6. The second kappa shape index (κ2) is 6.52. The second-order valence-corrected chi connectivity index (χ2v) is 9.12. The molecule has 0 radical (unpaired) electrons. The van der Waals surface area contributed by atoms with Crippen LogP contribution >= 0.6 is 59.1 Å². The topological polar surface area (TPSA) is 29.1 Å². The third kappa shape index (κ3) is 3.44. The van der Waals surface area contributed by atoms with Crippen LogP contribution in [0.4, 0.5) is 5.69 Å². The molecule has 0 bridgehead atoms. The summed E-state index contributed by atoms with van der Waals surface area (Å²) in [7, 11) is 0. The molecule has 1 unspecified atom stereocenters. The number of nitrogens with one attached hydrogen (secondary N) is 1. The van der Waals surface area contributed by atoms with Gasteiger partial charge in [0.15, 0.2) is 0 Å². The van der Waals surface area contributed by atoms with E-state index < -0.39 is 0 Å². The molecule has 110 valence electrons. The molecule has 0 spiro atoms. The smallest absolute Gasteiger partial charge is 0.224 e. The predicted octanol–water partition coefficient (Wildman–Crippen LogP) is 6.03. The van der Waals surface area contributed by atoms with Crippen molar-refractivity contribution in [3.8, 4) is 0 Å². The van der Waals surface area contributed by atoms with Crippen molar-refractivity contribution in [3.05, 3.63) is 48.5 Å². The highest BCUT2D eigenvalue weighted by atomic mass is 79.9. The van der Waals surface area contributed by atoms with Gasteiger partial charge in [-0.05, 0) is 68.0 Å². The van der Waals surface area contributed by atoms with Crippen molar-refractivity contribution in [3.63, 3.8) is 0 Å². The minimum Gasteiger partial charge on any atom is -0.326 e. The maximum Gasteiger partial charge on any atom is 0.224 e. The average molecular weight is 494 g/mol. The number of halogens is 3. The fraction of sp³-hybridized carbons (Fsp3) is 0.267. The van der Waals surface area contributed by atoms with Crippen LogP contribution in [0.25, 0.3) is 0 Å². The molecule has 1 aliphatic heterocycles. The molecule has 1 atom stereocenters. The van der Waals surface area contributed by atoms with E-state index in [1.54, 1.807) is 11.3 Å². The second-order valence-electron chi connectivity index (χ2n) is 4.95. The third-order valence-electron chi connectivity index (χ3n) is 3.46. The molecular formula is C15H12Br3NOS. The molecule has 1 aromatic carbocycles. The molecule has 1 aliphatic rings. The van der Waals surface area contributed by atoms with E-state index in [4.69, 9.17) is 0 Å². The van der Waals surface area contributed by atoms with Crippen molar-refractivity contribution in [1.82, 2.24) is 0 Å². The Kier molecular flexibility index (Phi) is 4.88. The highest BCUT2D eigenvalue weighted by Crippen LogP contribution is 2.42. The van der Waals surface area contributed by atoms with Crippen LogP contribution in [0.2, 0.25) is 0 Å². The number of fused-ring (bicyclic) bond motifs is 1. The Balaban J connectivity index is 1.92. The van der Waals surface area contributed by atoms with Gasteiger partial charge >= 0.3 is 0 Å². The highest BCUT2D eigenvalue weighted by molar-refractivity contribution is 9.13. The summed E-state index contributed by atoms with van der Waals surface area (Å²) in [5.74, 6) is 0.114. The summed E-state index contributed by atoms with van der Waals surface area (Å²) in [6, 6.07) is 8.41. The average Bonchev–Trinajstić information content (AvgIpc) is 2.68. The maximum absolute atomic E-state index is 11.6. The van der Waals surface area contributed by atoms with Gasteiger partial charge in [-0.1, -0.05) is 28.1 Å². The number of hydrogen-bond donors (Lipinski definition) is 1. The zero-order chi connectivity index (χ0) is 15.0. The van der Waals surface area contributed by atoms with E-state index in [1.807, 2.05) is 6.07 Å². The number of carbonyl (C=O) groups excluding carboxylic acids is 1. The van der Waals surface area contributed by atoms with Crippen molar-refractivity contribution < 1.29 is 4.79 Å². The summed E-state index contributed by atoms with van der Waals surface area (Å²) in [6.45, 7) is 0. The van der Waals surface area contributed by atoms with E-state index in [2.05, 4.69) is 71.3 Å². The number of aryl methyl sites for hydroxylation is 1. The summed E-state index contributed by atoms with van der Waals surface area (Å²) in [4.78, 5) is 13.0. The number of hydrogen-bond acceptors (Lipinski definition) is 2. The van der Waals surface area contributed by atoms with Gasteiger partial charge in [0, 0.05) is 21.5 Å². The van der Waals surface area contributed by atoms with Crippen LogP contribution in [-0.4, -0.2) is 5.91 Å². The van der Waals surface area contributed by atoms with Crippen LogP contribution in [0.1, 0.15) is 33.7 Å². The Labute approximate surface area is 152 Å². The van der Waals surface area contributed by atoms with Crippen molar-refractivity contribution in [2.75, 3.05) is 5.32 Å². The molecule has 0 fully saturated rings. The van der Waals surface area contributed by atoms with Gasteiger partial charge in [0.1, 0.15) is 0 Å². The molecule has 0 saturated heterocycles. The standard InChI is InChI=1S/C15H12Br3NOS/c16-10-7-12(21-15(10)18)14(17)9-4-5-11-8(6-9)2-1-3-13(20)19-11/h4-7,14H,1-3H2,(H,19,20). The summed E-state index contributed by atoms with van der Waals surface area (Å²) in [5, 5.41) is 2.97. The SMILES string of the molecule is O=C1CCCc2cc(C(Br)c3cc(Br)c(Br)s3)ccc2N1. The third-order valence-corrected chi connectivity index (χ3v) is 8.11. The molecule has 0 aliphatic carbocycles. The van der Waals surface area contributed by atoms with Crippen LogP contribution in [0.3, 0.4) is 0 Å². The summed E-state index contributed by atoms with van der Waals surface area (Å²) < 4.78 is 2.18. The number of alkyl halides is 1. The van der Waals surface area contributed by atoms with Crippen LogP contribution in [0.5, 0.6) is 0 Å². The zero-order valence-corrected chi connectivity index (χ0v) is 16.5. The molecule has 2 heterocycles. The fourth-order valence-corrected chi connectivity index (χ4v) is 5.20. The molecule has 2 nitrogen and oxygen atoms in total. The largest absolute Gasteiger partial charge is 0.326 e. The van der Waals surface area contributed by atoms with Gasteiger partial charge in [-0.25, -0.2) is 0 Å². The van der Waals surface area contributed by atoms with E-state index >= 15 is 0 Å². The normalized spacial score (nSPS) is 16.0. The summed E-state index contributed by atoms with van der Waals surface area (Å²) in [6.07, 6.45) is 2.46. The molecule has 21 heavy (non-hydrogen) atoms. The van der Waals surface area contributed by atoms with Gasteiger partial charge < -0.3 is 5.32 Å². The Morgan fingerprint density at radius 1 is 1.19 bits per heavy atom. The van der Waals surface area contributed by atoms with E-state index in [-0.39, 0.29) is 10.7 Å². The zero-order valence-electron chi connectivity index (χ0n) is 11.0. The van der Waals surface area contributed by atoms with Gasteiger partial charge in [0.05, 0.1) is 8.61 Å². The minimum absolute atomic E-state index is 0.114. The molecule has 3 rings (SSSR count). The van der Waals surface area contributed by atoms with Crippen LogP contribution in [0.15, 0.2) is 32.5 Å². The van der Waals surface area contributed by atoms with Gasteiger partial charge in [0.2, 0.25) is 5.91 Å². The molecular weight excluding hydrogens is 482 g/mol. The lowest BCUT2D eigenvalue weighted by Gasteiger charge is -2.12. The number of carbonyl (C=O) groups is 1. The Bertz CT molecular complexity index is 679. The molecule has 1 amide bonds. The highest BCUT2D eigenvalue weighted by Gasteiger charge is 2.18. The first-order valence-electron chi connectivity index (χ1n) is 6.56. The number of benzene rings is 1. The van der Waals surface area contributed by atoms with Crippen molar-refractivity contribution in [1.29, 1.82) is 0 Å². The Morgan fingerprint density at radius 3 is 2.71 bits per heavy atom.